The smallest absolute Gasteiger partial charge is 0.305 e. The molecule has 0 aromatic heterocycles. The van der Waals surface area contributed by atoms with Crippen LogP contribution < -0.4 is 10.6 Å². The summed E-state index contributed by atoms with van der Waals surface area (Å²) in [5.41, 5.74) is 1.09. The van der Waals surface area contributed by atoms with Crippen molar-refractivity contribution in [3.63, 3.8) is 0 Å². The Morgan fingerprint density at radius 1 is 0.970 bits per heavy atom. The summed E-state index contributed by atoms with van der Waals surface area (Å²) in [6.07, 6.45) is 15.7. The first-order valence-electron chi connectivity index (χ1n) is 14.3. The lowest BCUT2D eigenvalue weighted by molar-refractivity contribution is -0.141. The molecule has 4 nitrogen and oxygen atoms in total. The van der Waals surface area contributed by atoms with Crippen molar-refractivity contribution in [1.82, 2.24) is 10.6 Å². The summed E-state index contributed by atoms with van der Waals surface area (Å²) in [6.45, 7) is 12.0. The molecule has 0 aliphatic heterocycles. The van der Waals surface area contributed by atoms with Crippen LogP contribution in [0.1, 0.15) is 105 Å². The molecule has 190 valence electrons. The fourth-order valence-electron chi connectivity index (χ4n) is 9.26. The van der Waals surface area contributed by atoms with Gasteiger partial charge in [0.2, 0.25) is 0 Å². The van der Waals surface area contributed by atoms with E-state index in [1.54, 1.807) is 0 Å². The van der Waals surface area contributed by atoms with Gasteiger partial charge in [-0.15, -0.1) is 0 Å². The molecule has 4 saturated carbocycles. The van der Waals surface area contributed by atoms with Crippen LogP contribution in [-0.4, -0.2) is 38.3 Å². The minimum Gasteiger partial charge on any atom is -0.469 e. The van der Waals surface area contributed by atoms with E-state index in [1.807, 2.05) is 0 Å². The van der Waals surface area contributed by atoms with Gasteiger partial charge in [0.25, 0.3) is 0 Å². The average molecular weight is 461 g/mol. The number of hydrogen-bond donors (Lipinski definition) is 2. The zero-order valence-electron chi connectivity index (χ0n) is 22.3. The van der Waals surface area contributed by atoms with Crippen LogP contribution in [0.5, 0.6) is 0 Å². The van der Waals surface area contributed by atoms with E-state index in [-0.39, 0.29) is 5.97 Å². The van der Waals surface area contributed by atoms with Crippen molar-refractivity contribution in [2.45, 2.75) is 117 Å². The molecule has 0 aromatic rings. The molecule has 4 fully saturated rings. The van der Waals surface area contributed by atoms with E-state index in [9.17, 15) is 4.79 Å². The molecule has 0 heterocycles. The van der Waals surface area contributed by atoms with Gasteiger partial charge in [-0.05, 0) is 111 Å². The maximum absolute atomic E-state index is 11.6. The first-order chi connectivity index (χ1) is 15.8. The molecule has 0 spiro atoms. The third kappa shape index (κ3) is 5.17. The first kappa shape index (κ1) is 25.5. The van der Waals surface area contributed by atoms with Crippen molar-refractivity contribution < 1.29 is 9.53 Å². The van der Waals surface area contributed by atoms with E-state index in [0.29, 0.717) is 23.3 Å². The van der Waals surface area contributed by atoms with E-state index >= 15 is 0 Å². The first-order valence-corrected chi connectivity index (χ1v) is 14.3. The van der Waals surface area contributed by atoms with Crippen molar-refractivity contribution >= 4 is 5.97 Å². The molecule has 0 bridgehead atoms. The molecular weight excluding hydrogens is 408 g/mol. The molecule has 4 aliphatic rings. The number of rotatable bonds is 9. The second kappa shape index (κ2) is 10.6. The van der Waals surface area contributed by atoms with Gasteiger partial charge in [-0.1, -0.05) is 27.7 Å². The number of methoxy groups -OCH3 is 1. The van der Waals surface area contributed by atoms with Crippen LogP contribution in [0, 0.1) is 40.4 Å². The molecular formula is C29H52N2O2. The quantitative estimate of drug-likeness (QED) is 0.330. The fraction of sp³-hybridized carbons (Fsp3) is 0.966. The van der Waals surface area contributed by atoms with Gasteiger partial charge in [-0.3, -0.25) is 4.79 Å². The topological polar surface area (TPSA) is 50.4 Å². The predicted molar refractivity (Wildman–Crippen MR) is 136 cm³/mol. The highest BCUT2D eigenvalue weighted by Gasteiger charge is 2.59. The standard InChI is InChI=1S/C29H52N2O2/c1-20(2)30-17-18-31-23-13-15-29(4)22(19-23)9-11-24-25-12-10-21(7-6-8-27(32)33-5)28(25,3)16-14-26(24)29/h20-26,30-31H,6-19H2,1-5H3/t21?,22?,23-,24?,25?,26?,28?,29?/m1/s1. The summed E-state index contributed by atoms with van der Waals surface area (Å²) in [5.74, 6) is 4.53. The Balaban J connectivity index is 1.33. The van der Waals surface area contributed by atoms with Gasteiger partial charge >= 0.3 is 5.97 Å². The number of esters is 1. The molecule has 4 aliphatic carbocycles. The van der Waals surface area contributed by atoms with E-state index in [2.05, 4.69) is 38.3 Å². The number of fused-ring (bicyclic) bond motifs is 5. The Hall–Kier alpha value is -0.610. The van der Waals surface area contributed by atoms with Gasteiger partial charge in [0, 0.05) is 31.6 Å². The lowest BCUT2D eigenvalue weighted by Crippen LogP contribution is -2.55. The third-order valence-corrected chi connectivity index (χ3v) is 11.1. The molecule has 4 rings (SSSR count). The molecule has 0 saturated heterocycles. The highest BCUT2D eigenvalue weighted by molar-refractivity contribution is 5.68. The van der Waals surface area contributed by atoms with Crippen LogP contribution in [0.3, 0.4) is 0 Å². The van der Waals surface area contributed by atoms with Crippen LogP contribution in [0.2, 0.25) is 0 Å². The lowest BCUT2D eigenvalue weighted by Gasteiger charge is -2.61. The van der Waals surface area contributed by atoms with Crippen molar-refractivity contribution in [2.75, 3.05) is 20.2 Å². The van der Waals surface area contributed by atoms with Crippen LogP contribution >= 0.6 is 0 Å². The van der Waals surface area contributed by atoms with Gasteiger partial charge in [0.1, 0.15) is 0 Å². The van der Waals surface area contributed by atoms with Crippen LogP contribution in [0.4, 0.5) is 0 Å². The maximum atomic E-state index is 11.6. The SMILES string of the molecule is COC(=O)CCCC1CCC2C3CCC4C[C@H](NCCNC(C)C)CCC4(C)C3CCC12C. The summed E-state index contributed by atoms with van der Waals surface area (Å²) in [6, 6.07) is 1.31. The number of nitrogens with one attached hydrogen (secondary N) is 2. The van der Waals surface area contributed by atoms with Gasteiger partial charge in [0.05, 0.1) is 7.11 Å². The second-order valence-corrected chi connectivity index (χ2v) is 13.0. The normalized spacial score (nSPS) is 42.5. The molecule has 33 heavy (non-hydrogen) atoms. The largest absolute Gasteiger partial charge is 0.469 e. The number of hydrogen-bond acceptors (Lipinski definition) is 4. The van der Waals surface area contributed by atoms with E-state index < -0.39 is 0 Å². The zero-order chi connectivity index (χ0) is 23.6. The van der Waals surface area contributed by atoms with E-state index in [1.165, 1.54) is 71.3 Å². The Labute approximate surface area is 203 Å². The highest BCUT2D eigenvalue weighted by atomic mass is 16.5. The van der Waals surface area contributed by atoms with Crippen molar-refractivity contribution in [3.8, 4) is 0 Å². The highest BCUT2D eigenvalue weighted by Crippen LogP contribution is 2.67. The summed E-state index contributed by atoms with van der Waals surface area (Å²) >= 11 is 0. The van der Waals surface area contributed by atoms with Crippen LogP contribution in [-0.2, 0) is 9.53 Å². The van der Waals surface area contributed by atoms with Crippen molar-refractivity contribution in [2.24, 2.45) is 40.4 Å². The molecule has 2 N–H and O–H groups in total. The van der Waals surface area contributed by atoms with E-state index in [4.69, 9.17) is 4.74 Å². The molecule has 7 unspecified atom stereocenters. The summed E-state index contributed by atoms with van der Waals surface area (Å²) in [4.78, 5) is 11.6. The predicted octanol–water partition coefficient (Wildman–Crippen LogP) is 5.94. The lowest BCUT2D eigenvalue weighted by atomic mass is 9.44. The summed E-state index contributed by atoms with van der Waals surface area (Å²) < 4.78 is 4.88. The Bertz CT molecular complexity index is 666. The fourth-order valence-corrected chi connectivity index (χ4v) is 9.26. The molecule has 0 amide bonds. The number of carbonyl (C=O) groups excluding carboxylic acids is 1. The molecule has 0 aromatic carbocycles. The summed E-state index contributed by atoms with van der Waals surface area (Å²) in [5, 5.41) is 7.43. The zero-order valence-corrected chi connectivity index (χ0v) is 22.3. The third-order valence-electron chi connectivity index (χ3n) is 11.1. The van der Waals surface area contributed by atoms with Gasteiger partial charge < -0.3 is 15.4 Å². The van der Waals surface area contributed by atoms with Crippen molar-refractivity contribution in [3.05, 3.63) is 0 Å². The molecule has 0 radical (unpaired) electrons. The minimum atomic E-state index is -0.0362. The van der Waals surface area contributed by atoms with Gasteiger partial charge in [0.15, 0.2) is 0 Å². The maximum Gasteiger partial charge on any atom is 0.305 e. The van der Waals surface area contributed by atoms with Gasteiger partial charge in [-0.25, -0.2) is 0 Å². The summed E-state index contributed by atoms with van der Waals surface area (Å²) in [7, 11) is 1.51. The monoisotopic (exact) mass is 460 g/mol. The molecule has 4 heteroatoms. The average Bonchev–Trinajstić information content (AvgIpc) is 3.12. The van der Waals surface area contributed by atoms with Crippen molar-refractivity contribution in [1.29, 1.82) is 0 Å². The Morgan fingerprint density at radius 3 is 2.48 bits per heavy atom. The van der Waals surface area contributed by atoms with Crippen LogP contribution in [0.15, 0.2) is 0 Å². The minimum absolute atomic E-state index is 0.0362. The van der Waals surface area contributed by atoms with Crippen LogP contribution in [0.25, 0.3) is 0 Å². The number of ether oxygens (including phenoxy) is 1. The Kier molecular flexibility index (Phi) is 8.16. The molecule has 8 atom stereocenters. The Morgan fingerprint density at radius 2 is 1.73 bits per heavy atom. The second-order valence-electron chi connectivity index (χ2n) is 13.0. The van der Waals surface area contributed by atoms with Gasteiger partial charge in [-0.2, -0.15) is 0 Å². The van der Waals surface area contributed by atoms with E-state index in [0.717, 1.165) is 55.1 Å². The number of carbonyl (C=O) groups is 1.